The normalized spacial score (nSPS) is 11.5. The smallest absolute Gasteiger partial charge is 0.123 e. The molecule has 1 aromatic rings. The molecule has 1 aromatic carbocycles. The van der Waals surface area contributed by atoms with Gasteiger partial charge in [0.15, 0.2) is 0 Å². The lowest BCUT2D eigenvalue weighted by Crippen LogP contribution is -2.39. The van der Waals surface area contributed by atoms with Crippen molar-refractivity contribution in [2.75, 3.05) is 13.6 Å². The van der Waals surface area contributed by atoms with E-state index in [4.69, 9.17) is 4.74 Å². The minimum atomic E-state index is -0.173. The van der Waals surface area contributed by atoms with Crippen LogP contribution in [0.5, 0.6) is 5.75 Å². The monoisotopic (exact) mass is 207 g/mol. The van der Waals surface area contributed by atoms with Gasteiger partial charge in [-0.25, -0.2) is 0 Å². The number of aryl methyl sites for hydroxylation is 1. The van der Waals surface area contributed by atoms with Crippen LogP contribution in [-0.4, -0.2) is 19.2 Å². The van der Waals surface area contributed by atoms with Crippen molar-refractivity contribution in [2.24, 2.45) is 0 Å². The van der Waals surface area contributed by atoms with Crippen LogP contribution in [-0.2, 0) is 0 Å². The van der Waals surface area contributed by atoms with E-state index in [-0.39, 0.29) is 5.60 Å². The summed E-state index contributed by atoms with van der Waals surface area (Å²) in [6.07, 6.45) is 0. The topological polar surface area (TPSA) is 21.3 Å². The second kappa shape index (κ2) is 4.67. The molecule has 0 unspecified atom stereocenters. The summed E-state index contributed by atoms with van der Waals surface area (Å²) in [6.45, 7) is 9.21. The van der Waals surface area contributed by atoms with Crippen LogP contribution in [0.3, 0.4) is 0 Å². The van der Waals surface area contributed by atoms with Crippen LogP contribution < -0.4 is 10.1 Å². The van der Waals surface area contributed by atoms with Gasteiger partial charge in [0.2, 0.25) is 0 Å². The molecule has 0 aliphatic rings. The molecule has 0 radical (unpaired) electrons. The fourth-order valence-corrected chi connectivity index (χ4v) is 1.59. The molecular formula is C13H21NO. The molecule has 15 heavy (non-hydrogen) atoms. The lowest BCUT2D eigenvalue weighted by Gasteiger charge is -2.27. The molecule has 0 saturated carbocycles. The van der Waals surface area contributed by atoms with Gasteiger partial charge in [0.1, 0.15) is 11.4 Å². The highest BCUT2D eigenvalue weighted by molar-refractivity contribution is 5.38. The summed E-state index contributed by atoms with van der Waals surface area (Å²) in [5, 5.41) is 3.14. The SMILES string of the molecule is CNCC(C)(C)Oc1cccc(C)c1C. The fourth-order valence-electron chi connectivity index (χ4n) is 1.59. The third-order valence-electron chi connectivity index (χ3n) is 2.54. The van der Waals surface area contributed by atoms with Crippen LogP contribution in [0.4, 0.5) is 0 Å². The van der Waals surface area contributed by atoms with Crippen molar-refractivity contribution in [2.45, 2.75) is 33.3 Å². The predicted molar refractivity (Wildman–Crippen MR) is 64.5 cm³/mol. The van der Waals surface area contributed by atoms with Crippen LogP contribution in [0.25, 0.3) is 0 Å². The molecule has 0 amide bonds. The number of likely N-dealkylation sites (N-methyl/N-ethyl adjacent to an activating group) is 1. The Kier molecular flexibility index (Phi) is 3.75. The van der Waals surface area contributed by atoms with Gasteiger partial charge in [-0.15, -0.1) is 0 Å². The van der Waals surface area contributed by atoms with E-state index >= 15 is 0 Å². The molecule has 1 rings (SSSR count). The Morgan fingerprint density at radius 1 is 1.27 bits per heavy atom. The number of benzene rings is 1. The molecule has 0 aliphatic heterocycles. The van der Waals surface area contributed by atoms with E-state index in [1.54, 1.807) is 0 Å². The molecule has 0 atom stereocenters. The van der Waals surface area contributed by atoms with Crippen LogP contribution in [0.15, 0.2) is 18.2 Å². The summed E-state index contributed by atoms with van der Waals surface area (Å²) < 4.78 is 5.99. The van der Waals surface area contributed by atoms with Gasteiger partial charge in [-0.2, -0.15) is 0 Å². The third kappa shape index (κ3) is 3.24. The molecule has 0 saturated heterocycles. The first-order valence-corrected chi connectivity index (χ1v) is 5.36. The first kappa shape index (κ1) is 12.1. The van der Waals surface area contributed by atoms with Gasteiger partial charge >= 0.3 is 0 Å². The highest BCUT2D eigenvalue weighted by Gasteiger charge is 2.19. The molecule has 2 nitrogen and oxygen atoms in total. The molecule has 1 N–H and O–H groups in total. The van der Waals surface area contributed by atoms with Crippen LogP contribution >= 0.6 is 0 Å². The third-order valence-corrected chi connectivity index (χ3v) is 2.54. The zero-order chi connectivity index (χ0) is 11.5. The summed E-state index contributed by atoms with van der Waals surface area (Å²) in [5.41, 5.74) is 2.32. The van der Waals surface area contributed by atoms with Crippen molar-refractivity contribution in [3.05, 3.63) is 29.3 Å². The summed E-state index contributed by atoms with van der Waals surface area (Å²) in [5.74, 6) is 0.982. The maximum absolute atomic E-state index is 5.99. The maximum atomic E-state index is 5.99. The Labute approximate surface area is 92.6 Å². The van der Waals surface area contributed by atoms with Gasteiger partial charge in [-0.05, 0) is 51.9 Å². The van der Waals surface area contributed by atoms with Crippen molar-refractivity contribution in [3.63, 3.8) is 0 Å². The standard InChI is InChI=1S/C13H21NO/c1-10-7-6-8-12(11(10)2)15-13(3,4)9-14-5/h6-8,14H,9H2,1-5H3. The van der Waals surface area contributed by atoms with Crippen LogP contribution in [0.2, 0.25) is 0 Å². The zero-order valence-electron chi connectivity index (χ0n) is 10.3. The minimum absolute atomic E-state index is 0.173. The molecule has 2 heteroatoms. The lowest BCUT2D eigenvalue weighted by molar-refractivity contribution is 0.109. The van der Waals surface area contributed by atoms with E-state index < -0.39 is 0 Å². The molecule has 0 aromatic heterocycles. The van der Waals surface area contributed by atoms with Gasteiger partial charge in [-0.3, -0.25) is 0 Å². The summed E-state index contributed by atoms with van der Waals surface area (Å²) in [4.78, 5) is 0. The van der Waals surface area contributed by atoms with Gasteiger partial charge in [0.05, 0.1) is 0 Å². The highest BCUT2D eigenvalue weighted by atomic mass is 16.5. The number of hydrogen-bond donors (Lipinski definition) is 1. The van der Waals surface area contributed by atoms with Crippen molar-refractivity contribution in [1.82, 2.24) is 5.32 Å². The van der Waals surface area contributed by atoms with E-state index in [2.05, 4.69) is 39.1 Å². The number of rotatable bonds is 4. The molecule has 0 bridgehead atoms. The van der Waals surface area contributed by atoms with Crippen molar-refractivity contribution in [3.8, 4) is 5.75 Å². The Balaban J connectivity index is 2.85. The largest absolute Gasteiger partial charge is 0.486 e. The van der Waals surface area contributed by atoms with Crippen molar-refractivity contribution < 1.29 is 4.74 Å². The number of hydrogen-bond acceptors (Lipinski definition) is 2. The summed E-state index contributed by atoms with van der Waals surface area (Å²) in [6, 6.07) is 6.17. The van der Waals surface area contributed by atoms with E-state index in [0.29, 0.717) is 0 Å². The van der Waals surface area contributed by atoms with Crippen molar-refractivity contribution in [1.29, 1.82) is 0 Å². The molecule has 0 spiro atoms. The average molecular weight is 207 g/mol. The first-order valence-electron chi connectivity index (χ1n) is 5.36. The van der Waals surface area contributed by atoms with Crippen molar-refractivity contribution >= 4 is 0 Å². The maximum Gasteiger partial charge on any atom is 0.123 e. The highest BCUT2D eigenvalue weighted by Crippen LogP contribution is 2.24. The van der Waals surface area contributed by atoms with E-state index in [1.807, 2.05) is 19.2 Å². The Hall–Kier alpha value is -1.02. The van der Waals surface area contributed by atoms with Gasteiger partial charge < -0.3 is 10.1 Å². The number of ether oxygens (including phenoxy) is 1. The Morgan fingerprint density at radius 3 is 2.53 bits per heavy atom. The van der Waals surface area contributed by atoms with Crippen LogP contribution in [0, 0.1) is 13.8 Å². The second-order valence-electron chi connectivity index (χ2n) is 4.59. The average Bonchev–Trinajstić information content (AvgIpc) is 2.12. The quantitative estimate of drug-likeness (QED) is 0.819. The summed E-state index contributed by atoms with van der Waals surface area (Å²) in [7, 11) is 1.94. The van der Waals surface area contributed by atoms with E-state index in [1.165, 1.54) is 11.1 Å². The Bertz CT molecular complexity index is 331. The Morgan fingerprint density at radius 2 is 1.93 bits per heavy atom. The zero-order valence-corrected chi connectivity index (χ0v) is 10.3. The fraction of sp³-hybridized carbons (Fsp3) is 0.538. The minimum Gasteiger partial charge on any atom is -0.486 e. The van der Waals surface area contributed by atoms with Gasteiger partial charge in [0, 0.05) is 6.54 Å². The number of nitrogens with one attached hydrogen (secondary N) is 1. The van der Waals surface area contributed by atoms with E-state index in [9.17, 15) is 0 Å². The van der Waals surface area contributed by atoms with E-state index in [0.717, 1.165) is 12.3 Å². The van der Waals surface area contributed by atoms with Crippen LogP contribution in [0.1, 0.15) is 25.0 Å². The van der Waals surface area contributed by atoms with Gasteiger partial charge in [0.25, 0.3) is 0 Å². The first-order chi connectivity index (χ1) is 6.96. The molecule has 84 valence electrons. The second-order valence-corrected chi connectivity index (χ2v) is 4.59. The van der Waals surface area contributed by atoms with Gasteiger partial charge in [-0.1, -0.05) is 12.1 Å². The summed E-state index contributed by atoms with van der Waals surface area (Å²) >= 11 is 0. The molecule has 0 heterocycles. The molecular weight excluding hydrogens is 186 g/mol. The lowest BCUT2D eigenvalue weighted by atomic mass is 10.1. The molecule has 0 fully saturated rings. The predicted octanol–water partition coefficient (Wildman–Crippen LogP) is 2.68. The molecule has 0 aliphatic carbocycles.